The molecule has 0 spiro atoms. The highest BCUT2D eigenvalue weighted by Gasteiger charge is 2.53. The van der Waals surface area contributed by atoms with Crippen molar-refractivity contribution in [1.82, 2.24) is 0 Å². The van der Waals surface area contributed by atoms with Crippen molar-refractivity contribution in [1.29, 1.82) is 0 Å². The Morgan fingerprint density at radius 2 is 1.47 bits per heavy atom. The van der Waals surface area contributed by atoms with E-state index in [-0.39, 0.29) is 17.8 Å². The van der Waals surface area contributed by atoms with Crippen LogP contribution < -0.4 is 4.74 Å². The monoisotopic (exact) mass is 838 g/mol. The van der Waals surface area contributed by atoms with Crippen molar-refractivity contribution < 1.29 is 40.8 Å². The van der Waals surface area contributed by atoms with Crippen LogP contribution >= 0.6 is 67.8 Å². The van der Waals surface area contributed by atoms with Crippen molar-refractivity contribution in [3.63, 3.8) is 0 Å². The summed E-state index contributed by atoms with van der Waals surface area (Å²) in [5, 5.41) is -4.61. The molecule has 1 aromatic rings. The third-order valence-corrected chi connectivity index (χ3v) is 9.82. The molecule has 0 aromatic heterocycles. The number of carbonyl (C=O) groups is 2. The van der Waals surface area contributed by atoms with E-state index in [0.717, 1.165) is 17.6 Å². The van der Waals surface area contributed by atoms with E-state index in [9.17, 15) is 26.8 Å². The lowest BCUT2D eigenvalue weighted by Crippen LogP contribution is -2.46. The predicted molar refractivity (Wildman–Crippen MR) is 144 cm³/mol. The summed E-state index contributed by atoms with van der Waals surface area (Å²) in [5.74, 6) is -2.38. The Kier molecular flexibility index (Phi) is 9.49. The molecule has 0 saturated heterocycles. The van der Waals surface area contributed by atoms with Crippen LogP contribution in [0.25, 0.3) is 0 Å². The lowest BCUT2D eigenvalue weighted by atomic mass is 9.61. The number of fused-ring (bicyclic) bond motifs is 1. The fourth-order valence-corrected chi connectivity index (χ4v) is 9.20. The molecule has 190 valence electrons. The zero-order chi connectivity index (χ0) is 25.4. The molecule has 2 saturated carbocycles. The summed E-state index contributed by atoms with van der Waals surface area (Å²) in [6.07, 6.45) is 1.27. The summed E-state index contributed by atoms with van der Waals surface area (Å²) in [5.41, 5.74) is 0. The van der Waals surface area contributed by atoms with Crippen LogP contribution in [0, 0.1) is 34.4 Å². The lowest BCUT2D eigenvalue weighted by molar-refractivity contribution is -0.171. The van der Waals surface area contributed by atoms with Crippen molar-refractivity contribution in [2.24, 2.45) is 23.7 Å². The van der Waals surface area contributed by atoms with E-state index in [4.69, 9.17) is 14.0 Å². The minimum atomic E-state index is -5.73. The van der Waals surface area contributed by atoms with Crippen LogP contribution in [0.2, 0.25) is 0 Å². The summed E-state index contributed by atoms with van der Waals surface area (Å²) in [7, 11) is -5.73. The summed E-state index contributed by atoms with van der Waals surface area (Å²) in [6, 6.07) is 3.82. The molecule has 1 N–H and O–H groups in total. The van der Waals surface area contributed by atoms with Gasteiger partial charge in [0.1, 0.15) is 0 Å². The summed E-state index contributed by atoms with van der Waals surface area (Å²) in [6.45, 7) is 0.733. The van der Waals surface area contributed by atoms with Gasteiger partial charge in [-0.3, -0.25) is 14.1 Å². The van der Waals surface area contributed by atoms with Crippen molar-refractivity contribution in [2.45, 2.75) is 56.8 Å². The number of carbonyl (C=O) groups excluding carboxylic acids is 2. The smallest absolute Gasteiger partial charge is 0.405 e. The standard InChI is InChI=1S/C21H23F2I3O7S/c1-10(21(22,23)34(29,30)31)32-19(27)14-6-2-5-13-12(14)4-3-7-15(13)20(28)33-18-16(25)8-11(24)9-17(18)26/h8-10,12-15H,2-7H2,1H3,(H,29,30,31). The number of esters is 2. The number of rotatable bonds is 6. The van der Waals surface area contributed by atoms with E-state index >= 15 is 0 Å². The normalized spacial score (nSPS) is 26.3. The van der Waals surface area contributed by atoms with Gasteiger partial charge in [0.05, 0.1) is 19.0 Å². The van der Waals surface area contributed by atoms with Gasteiger partial charge in [-0.25, -0.2) is 0 Å². The van der Waals surface area contributed by atoms with E-state index < -0.39 is 39.3 Å². The Labute approximate surface area is 237 Å². The third-order valence-electron chi connectivity index (χ3n) is 6.57. The fraction of sp³-hybridized carbons (Fsp3) is 0.619. The second kappa shape index (κ2) is 11.2. The van der Waals surface area contributed by atoms with Gasteiger partial charge in [0.25, 0.3) is 0 Å². The Bertz CT molecular complexity index is 1040. The largest absolute Gasteiger partial charge is 0.455 e. The maximum atomic E-state index is 13.9. The molecule has 0 radical (unpaired) electrons. The Morgan fingerprint density at radius 1 is 1.00 bits per heavy atom. The van der Waals surface area contributed by atoms with Gasteiger partial charge in [0.2, 0.25) is 0 Å². The summed E-state index contributed by atoms with van der Waals surface area (Å²) < 4.78 is 71.7. The first kappa shape index (κ1) is 28.7. The quantitative estimate of drug-likeness (QED) is 0.171. The van der Waals surface area contributed by atoms with Crippen molar-refractivity contribution in [3.8, 4) is 5.75 Å². The number of alkyl halides is 2. The van der Waals surface area contributed by atoms with E-state index in [1.165, 1.54) is 0 Å². The van der Waals surface area contributed by atoms with Gasteiger partial charge >= 0.3 is 27.3 Å². The third kappa shape index (κ3) is 6.15. The van der Waals surface area contributed by atoms with E-state index in [0.29, 0.717) is 44.3 Å². The topological polar surface area (TPSA) is 107 Å². The highest BCUT2D eigenvalue weighted by atomic mass is 127. The molecule has 2 fully saturated rings. The molecule has 0 aliphatic heterocycles. The fourth-order valence-electron chi connectivity index (χ4n) is 4.93. The van der Waals surface area contributed by atoms with Gasteiger partial charge in [0, 0.05) is 3.57 Å². The van der Waals surface area contributed by atoms with Crippen LogP contribution in [0.1, 0.15) is 45.4 Å². The van der Waals surface area contributed by atoms with Crippen LogP contribution in [0.4, 0.5) is 8.78 Å². The van der Waals surface area contributed by atoms with Gasteiger partial charge in [-0.2, -0.15) is 17.2 Å². The second-order valence-corrected chi connectivity index (χ2v) is 13.7. The van der Waals surface area contributed by atoms with Crippen LogP contribution in [0.5, 0.6) is 5.75 Å². The maximum Gasteiger partial charge on any atom is 0.405 e. The predicted octanol–water partition coefficient (Wildman–Crippen LogP) is 5.65. The lowest BCUT2D eigenvalue weighted by Gasteiger charge is -2.43. The molecular weight excluding hydrogens is 815 g/mol. The van der Waals surface area contributed by atoms with Crippen molar-refractivity contribution in [2.75, 3.05) is 0 Å². The Hall–Kier alpha value is 0.120. The van der Waals surface area contributed by atoms with Crippen molar-refractivity contribution >= 4 is 89.8 Å². The van der Waals surface area contributed by atoms with E-state index in [2.05, 4.69) is 67.8 Å². The molecule has 1 aromatic carbocycles. The second-order valence-electron chi connectivity index (χ2n) is 8.64. The molecule has 2 aliphatic rings. The highest BCUT2D eigenvalue weighted by Crippen LogP contribution is 2.48. The van der Waals surface area contributed by atoms with Gasteiger partial charge in [-0.15, -0.1) is 0 Å². The van der Waals surface area contributed by atoms with Crippen LogP contribution in [-0.2, 0) is 24.4 Å². The minimum Gasteiger partial charge on any atom is -0.455 e. The van der Waals surface area contributed by atoms with Crippen LogP contribution in [0.3, 0.4) is 0 Å². The molecule has 5 atom stereocenters. The van der Waals surface area contributed by atoms with Crippen LogP contribution in [-0.4, -0.2) is 36.3 Å². The first-order valence-corrected chi connectivity index (χ1v) is 15.3. The van der Waals surface area contributed by atoms with E-state index in [1.807, 2.05) is 12.1 Å². The molecule has 3 rings (SSSR count). The maximum absolute atomic E-state index is 13.9. The molecule has 0 bridgehead atoms. The minimum absolute atomic E-state index is 0.163. The average Bonchev–Trinajstić information content (AvgIpc) is 2.74. The van der Waals surface area contributed by atoms with Gasteiger partial charge in [0.15, 0.2) is 11.9 Å². The summed E-state index contributed by atoms with van der Waals surface area (Å²) in [4.78, 5) is 25.9. The number of hydrogen-bond donors (Lipinski definition) is 1. The number of ether oxygens (including phenoxy) is 2. The highest BCUT2D eigenvalue weighted by molar-refractivity contribution is 14.1. The molecule has 0 heterocycles. The molecular formula is C21H23F2I3O7S. The molecule has 5 unspecified atom stereocenters. The number of halogens is 5. The Balaban J connectivity index is 1.74. The van der Waals surface area contributed by atoms with Gasteiger partial charge < -0.3 is 9.47 Å². The first-order valence-electron chi connectivity index (χ1n) is 10.7. The SMILES string of the molecule is CC(OC(=O)C1CCCC2C(C(=O)Oc3c(I)cc(I)cc3I)CCCC12)C(F)(F)S(=O)(=O)O. The number of benzene rings is 1. The molecule has 2 aliphatic carbocycles. The van der Waals surface area contributed by atoms with Crippen LogP contribution in [0.15, 0.2) is 12.1 Å². The first-order chi connectivity index (χ1) is 15.7. The van der Waals surface area contributed by atoms with Gasteiger partial charge in [-0.1, -0.05) is 12.8 Å². The molecule has 13 heteroatoms. The zero-order valence-electron chi connectivity index (χ0n) is 18.0. The zero-order valence-corrected chi connectivity index (χ0v) is 25.3. The summed E-state index contributed by atoms with van der Waals surface area (Å²) >= 11 is 6.42. The average molecular weight is 838 g/mol. The number of hydrogen-bond acceptors (Lipinski definition) is 6. The van der Waals surface area contributed by atoms with E-state index in [1.54, 1.807) is 0 Å². The van der Waals surface area contributed by atoms with Gasteiger partial charge in [-0.05, 0) is 124 Å². The van der Waals surface area contributed by atoms with Crippen molar-refractivity contribution in [3.05, 3.63) is 22.8 Å². The molecule has 34 heavy (non-hydrogen) atoms. The Morgan fingerprint density at radius 3 is 1.94 bits per heavy atom. The molecule has 7 nitrogen and oxygen atoms in total. The molecule has 0 amide bonds.